The van der Waals surface area contributed by atoms with Crippen molar-refractivity contribution in [1.82, 2.24) is 45.4 Å². The summed E-state index contributed by atoms with van der Waals surface area (Å²) in [6.07, 6.45) is 4.13. The minimum Gasteiger partial charge on any atom is -0.253 e. The lowest BCUT2D eigenvalue weighted by Gasteiger charge is -2.03. The second kappa shape index (κ2) is 5.29. The topological polar surface area (TPSA) is 100 Å². The van der Waals surface area contributed by atoms with Crippen LogP contribution < -0.4 is 0 Å². The van der Waals surface area contributed by atoms with Crippen molar-refractivity contribution in [3.63, 3.8) is 0 Å². The molecule has 19 heavy (non-hydrogen) atoms. The minimum absolute atomic E-state index is 0.664. The van der Waals surface area contributed by atoms with E-state index in [0.717, 1.165) is 12.1 Å². The Kier molecular flexibility index (Phi) is 3.17. The molecule has 0 aromatic carbocycles. The van der Waals surface area contributed by atoms with Gasteiger partial charge in [-0.3, -0.25) is 4.98 Å². The molecule has 96 valence electrons. The Bertz CT molecular complexity index is 616. The maximum Gasteiger partial charge on any atom is 0.200 e. The van der Waals surface area contributed by atoms with Gasteiger partial charge < -0.3 is 0 Å². The number of nitrogens with zero attached hydrogens (tertiary/aromatic N) is 9. The predicted octanol–water partition coefficient (Wildman–Crippen LogP) is -0.188. The number of aromatic nitrogens is 9. The molecule has 0 aliphatic rings. The van der Waals surface area contributed by atoms with Crippen molar-refractivity contribution in [2.45, 2.75) is 19.5 Å². The number of tetrazole rings is 2. The molecule has 0 bridgehead atoms. The summed E-state index contributed by atoms with van der Waals surface area (Å²) in [6, 6.07) is 5.64. The minimum atomic E-state index is 0.664. The van der Waals surface area contributed by atoms with Gasteiger partial charge in [0.1, 0.15) is 12.0 Å². The molecule has 9 nitrogen and oxygen atoms in total. The van der Waals surface area contributed by atoms with Crippen molar-refractivity contribution in [2.75, 3.05) is 0 Å². The Hall–Kier alpha value is -2.71. The zero-order valence-corrected chi connectivity index (χ0v) is 10.0. The first-order valence-corrected chi connectivity index (χ1v) is 5.82. The van der Waals surface area contributed by atoms with Crippen molar-refractivity contribution in [2.24, 2.45) is 0 Å². The van der Waals surface area contributed by atoms with E-state index < -0.39 is 0 Å². The fourth-order valence-corrected chi connectivity index (χ4v) is 1.70. The van der Waals surface area contributed by atoms with Crippen LogP contribution in [0.2, 0.25) is 0 Å². The fraction of sp³-hybridized carbons (Fsp3) is 0.300. The summed E-state index contributed by atoms with van der Waals surface area (Å²) in [6.45, 7) is 1.40. The summed E-state index contributed by atoms with van der Waals surface area (Å²) in [5, 5.41) is 22.6. The van der Waals surface area contributed by atoms with Crippen LogP contribution in [-0.4, -0.2) is 45.4 Å². The van der Waals surface area contributed by atoms with E-state index in [9.17, 15) is 0 Å². The number of rotatable bonds is 5. The van der Waals surface area contributed by atoms with Crippen LogP contribution in [0.3, 0.4) is 0 Å². The molecule has 9 heteroatoms. The summed E-state index contributed by atoms with van der Waals surface area (Å²) in [5.74, 6) is 0.664. The lowest BCUT2D eigenvalue weighted by atomic mass is 10.3. The SMILES string of the molecule is c1ccc(-c2nnnn2CCCn2cnnn2)nc1. The smallest absolute Gasteiger partial charge is 0.200 e. The Labute approximate surface area is 108 Å². The molecule has 0 amide bonds. The highest BCUT2D eigenvalue weighted by atomic mass is 15.5. The van der Waals surface area contributed by atoms with Crippen LogP contribution in [0.5, 0.6) is 0 Å². The Balaban J connectivity index is 1.67. The fourth-order valence-electron chi connectivity index (χ4n) is 1.70. The molecule has 0 saturated carbocycles. The van der Waals surface area contributed by atoms with E-state index in [1.54, 1.807) is 21.9 Å². The van der Waals surface area contributed by atoms with Crippen LogP contribution in [0.25, 0.3) is 11.5 Å². The molecule has 3 aromatic rings. The largest absolute Gasteiger partial charge is 0.253 e. The average molecular weight is 257 g/mol. The van der Waals surface area contributed by atoms with Crippen molar-refractivity contribution < 1.29 is 0 Å². The van der Waals surface area contributed by atoms with E-state index in [4.69, 9.17) is 0 Å². The van der Waals surface area contributed by atoms with Gasteiger partial charge in [0.2, 0.25) is 5.82 Å². The average Bonchev–Trinajstić information content (AvgIpc) is 3.11. The maximum atomic E-state index is 4.24. The first kappa shape index (κ1) is 11.4. The Morgan fingerprint density at radius 2 is 2.05 bits per heavy atom. The van der Waals surface area contributed by atoms with Crippen LogP contribution in [0.1, 0.15) is 6.42 Å². The summed E-state index contributed by atoms with van der Waals surface area (Å²) in [7, 11) is 0. The molecular formula is C10H11N9. The van der Waals surface area contributed by atoms with Gasteiger partial charge in [0, 0.05) is 19.3 Å². The second-order valence-corrected chi connectivity index (χ2v) is 3.87. The van der Waals surface area contributed by atoms with Gasteiger partial charge in [0.05, 0.1) is 0 Å². The molecule has 0 atom stereocenters. The number of aryl methyl sites for hydroxylation is 2. The number of hydrogen-bond donors (Lipinski definition) is 0. The second-order valence-electron chi connectivity index (χ2n) is 3.87. The Morgan fingerprint density at radius 3 is 2.84 bits per heavy atom. The van der Waals surface area contributed by atoms with Crippen molar-refractivity contribution >= 4 is 0 Å². The lowest BCUT2D eigenvalue weighted by molar-refractivity contribution is 0.486. The molecule has 3 heterocycles. The van der Waals surface area contributed by atoms with E-state index in [2.05, 4.69) is 36.0 Å². The normalized spacial score (nSPS) is 10.7. The molecule has 0 N–H and O–H groups in total. The lowest BCUT2D eigenvalue weighted by Crippen LogP contribution is -2.08. The third-order valence-electron chi connectivity index (χ3n) is 2.57. The van der Waals surface area contributed by atoms with E-state index >= 15 is 0 Å². The highest BCUT2D eigenvalue weighted by molar-refractivity contribution is 5.47. The van der Waals surface area contributed by atoms with Crippen LogP contribution >= 0.6 is 0 Å². The maximum absolute atomic E-state index is 4.24. The van der Waals surface area contributed by atoms with Crippen LogP contribution in [0.15, 0.2) is 30.7 Å². The van der Waals surface area contributed by atoms with Gasteiger partial charge in [-0.05, 0) is 39.4 Å². The van der Waals surface area contributed by atoms with Gasteiger partial charge in [0.25, 0.3) is 0 Å². The molecule has 0 fully saturated rings. The molecule has 0 radical (unpaired) electrons. The molecule has 0 unspecified atom stereocenters. The first-order chi connectivity index (χ1) is 9.43. The third-order valence-corrected chi connectivity index (χ3v) is 2.57. The summed E-state index contributed by atoms with van der Waals surface area (Å²) in [5.41, 5.74) is 0.759. The molecule has 3 aromatic heterocycles. The number of pyridine rings is 1. The van der Waals surface area contributed by atoms with Gasteiger partial charge in [-0.25, -0.2) is 9.36 Å². The van der Waals surface area contributed by atoms with E-state index in [0.29, 0.717) is 18.9 Å². The standard InChI is InChI=1S/C10H11N9/c1-2-5-11-9(4-1)10-13-15-17-19(10)7-3-6-18-8-12-14-16-18/h1-2,4-5,8H,3,6-7H2. The highest BCUT2D eigenvalue weighted by Gasteiger charge is 2.09. The van der Waals surface area contributed by atoms with Gasteiger partial charge >= 0.3 is 0 Å². The number of hydrogen-bond acceptors (Lipinski definition) is 7. The summed E-state index contributed by atoms with van der Waals surface area (Å²) in [4.78, 5) is 4.24. The van der Waals surface area contributed by atoms with E-state index in [1.807, 2.05) is 18.2 Å². The third kappa shape index (κ3) is 2.59. The van der Waals surface area contributed by atoms with Gasteiger partial charge in [-0.2, -0.15) is 0 Å². The van der Waals surface area contributed by atoms with Crippen molar-refractivity contribution in [3.05, 3.63) is 30.7 Å². The molecule has 0 aliphatic carbocycles. The molecular weight excluding hydrogens is 246 g/mol. The van der Waals surface area contributed by atoms with Crippen LogP contribution in [-0.2, 0) is 13.1 Å². The van der Waals surface area contributed by atoms with Crippen LogP contribution in [0.4, 0.5) is 0 Å². The van der Waals surface area contributed by atoms with Crippen molar-refractivity contribution in [3.8, 4) is 11.5 Å². The van der Waals surface area contributed by atoms with E-state index in [1.165, 1.54) is 0 Å². The van der Waals surface area contributed by atoms with E-state index in [-0.39, 0.29) is 0 Å². The van der Waals surface area contributed by atoms with Crippen LogP contribution in [0, 0.1) is 0 Å². The zero-order valence-electron chi connectivity index (χ0n) is 10.0. The first-order valence-electron chi connectivity index (χ1n) is 5.82. The highest BCUT2D eigenvalue weighted by Crippen LogP contribution is 2.11. The predicted molar refractivity (Wildman–Crippen MR) is 63.5 cm³/mol. The molecule has 3 rings (SSSR count). The Morgan fingerprint density at radius 1 is 1.05 bits per heavy atom. The monoisotopic (exact) mass is 257 g/mol. The van der Waals surface area contributed by atoms with Gasteiger partial charge in [0.15, 0.2) is 0 Å². The summed E-state index contributed by atoms with van der Waals surface area (Å²) < 4.78 is 3.40. The molecule has 0 aliphatic heterocycles. The van der Waals surface area contributed by atoms with Gasteiger partial charge in [-0.1, -0.05) is 6.07 Å². The molecule has 0 spiro atoms. The quantitative estimate of drug-likeness (QED) is 0.624. The van der Waals surface area contributed by atoms with Crippen molar-refractivity contribution in [1.29, 1.82) is 0 Å². The molecule has 0 saturated heterocycles. The van der Waals surface area contributed by atoms with Gasteiger partial charge in [-0.15, -0.1) is 10.2 Å². The zero-order chi connectivity index (χ0) is 12.9. The summed E-state index contributed by atoms with van der Waals surface area (Å²) >= 11 is 0.